The standard InChI is InChI=1S/C21H20N6O3/c1-13-24-25-19-11-10-16(26-27(13)19)14-6-4-7-15(12-14)22-21(28)23-20-17(29-2)8-5-9-18(20)30-3/h4-12H,1-3H3,(H2,22,23,28). The van der Waals surface area contributed by atoms with Crippen molar-refractivity contribution < 1.29 is 14.3 Å². The molecule has 0 aliphatic heterocycles. The fraction of sp³-hybridized carbons (Fsp3) is 0.143. The van der Waals surface area contributed by atoms with Crippen LogP contribution in [0.2, 0.25) is 0 Å². The fourth-order valence-electron chi connectivity index (χ4n) is 3.06. The molecular formula is C21H20N6O3. The number of ether oxygens (including phenoxy) is 2. The van der Waals surface area contributed by atoms with Crippen molar-refractivity contribution >= 4 is 23.1 Å². The van der Waals surface area contributed by atoms with Crippen LogP contribution in [0.5, 0.6) is 11.5 Å². The normalized spacial score (nSPS) is 10.6. The summed E-state index contributed by atoms with van der Waals surface area (Å²) in [7, 11) is 3.06. The molecule has 2 aromatic heterocycles. The zero-order chi connectivity index (χ0) is 21.1. The van der Waals surface area contributed by atoms with Gasteiger partial charge in [-0.2, -0.15) is 9.61 Å². The average molecular weight is 404 g/mol. The summed E-state index contributed by atoms with van der Waals surface area (Å²) < 4.78 is 12.3. The molecule has 0 saturated carbocycles. The van der Waals surface area contributed by atoms with Crippen LogP contribution in [-0.2, 0) is 0 Å². The zero-order valence-corrected chi connectivity index (χ0v) is 16.7. The lowest BCUT2D eigenvalue weighted by Gasteiger charge is -2.14. The van der Waals surface area contributed by atoms with E-state index in [1.807, 2.05) is 37.3 Å². The summed E-state index contributed by atoms with van der Waals surface area (Å²) in [6.07, 6.45) is 0. The van der Waals surface area contributed by atoms with Crippen LogP contribution in [0.25, 0.3) is 16.9 Å². The number of anilines is 2. The van der Waals surface area contributed by atoms with Gasteiger partial charge in [0.25, 0.3) is 0 Å². The minimum absolute atomic E-state index is 0.423. The minimum atomic E-state index is -0.423. The van der Waals surface area contributed by atoms with Gasteiger partial charge >= 0.3 is 6.03 Å². The number of benzene rings is 2. The number of hydrogen-bond donors (Lipinski definition) is 2. The summed E-state index contributed by atoms with van der Waals surface area (Å²) in [4.78, 5) is 12.6. The number of urea groups is 1. The second-order valence-electron chi connectivity index (χ2n) is 6.43. The highest BCUT2D eigenvalue weighted by atomic mass is 16.5. The van der Waals surface area contributed by atoms with Gasteiger partial charge in [-0.3, -0.25) is 0 Å². The number of para-hydroxylation sites is 1. The summed E-state index contributed by atoms with van der Waals surface area (Å²) >= 11 is 0. The van der Waals surface area contributed by atoms with E-state index in [0.29, 0.717) is 34.3 Å². The van der Waals surface area contributed by atoms with Gasteiger partial charge in [0.1, 0.15) is 17.2 Å². The molecule has 0 spiro atoms. The van der Waals surface area contributed by atoms with E-state index in [4.69, 9.17) is 9.47 Å². The molecule has 2 heterocycles. The lowest BCUT2D eigenvalue weighted by atomic mass is 10.1. The van der Waals surface area contributed by atoms with Gasteiger partial charge in [0.15, 0.2) is 11.5 Å². The highest BCUT2D eigenvalue weighted by molar-refractivity contribution is 6.02. The molecule has 0 fully saturated rings. The van der Waals surface area contributed by atoms with E-state index in [1.165, 1.54) is 14.2 Å². The molecule has 9 heteroatoms. The summed E-state index contributed by atoms with van der Waals surface area (Å²) in [5.74, 6) is 1.70. The van der Waals surface area contributed by atoms with E-state index in [2.05, 4.69) is 25.9 Å². The first-order valence-corrected chi connectivity index (χ1v) is 9.17. The summed E-state index contributed by atoms with van der Waals surface area (Å²) in [5, 5.41) is 18.2. The molecule has 4 rings (SSSR count). The highest BCUT2D eigenvalue weighted by Crippen LogP contribution is 2.34. The van der Waals surface area contributed by atoms with Crippen LogP contribution in [0.15, 0.2) is 54.6 Å². The molecule has 2 amide bonds. The Morgan fingerprint density at radius 2 is 1.67 bits per heavy atom. The first kappa shape index (κ1) is 19.2. The fourth-order valence-corrected chi connectivity index (χ4v) is 3.06. The molecule has 0 bridgehead atoms. The van der Waals surface area contributed by atoms with Gasteiger partial charge in [0.05, 0.1) is 19.9 Å². The first-order valence-electron chi connectivity index (χ1n) is 9.17. The predicted molar refractivity (Wildman–Crippen MR) is 113 cm³/mol. The van der Waals surface area contributed by atoms with E-state index in [9.17, 15) is 4.79 Å². The number of carbonyl (C=O) groups is 1. The molecule has 2 aromatic carbocycles. The van der Waals surface area contributed by atoms with Crippen LogP contribution in [0.4, 0.5) is 16.2 Å². The Labute approximate surface area is 172 Å². The topological polar surface area (TPSA) is 103 Å². The molecular weight excluding hydrogens is 384 g/mol. The van der Waals surface area contributed by atoms with Gasteiger partial charge in [0, 0.05) is 11.3 Å². The Balaban J connectivity index is 1.56. The number of nitrogens with zero attached hydrogens (tertiary/aromatic N) is 4. The molecule has 0 unspecified atom stereocenters. The van der Waals surface area contributed by atoms with Crippen LogP contribution in [0, 0.1) is 6.92 Å². The van der Waals surface area contributed by atoms with Crippen LogP contribution < -0.4 is 20.1 Å². The maximum Gasteiger partial charge on any atom is 0.323 e. The second kappa shape index (κ2) is 8.08. The third-order valence-electron chi connectivity index (χ3n) is 4.50. The number of nitrogens with one attached hydrogen (secondary N) is 2. The largest absolute Gasteiger partial charge is 0.494 e. The van der Waals surface area contributed by atoms with E-state index in [-0.39, 0.29) is 0 Å². The van der Waals surface area contributed by atoms with Crippen molar-refractivity contribution in [3.63, 3.8) is 0 Å². The number of aromatic nitrogens is 4. The smallest absolute Gasteiger partial charge is 0.323 e. The number of fused-ring (bicyclic) bond motifs is 1. The van der Waals surface area contributed by atoms with Crippen LogP contribution in [0.3, 0.4) is 0 Å². The molecule has 0 aliphatic rings. The van der Waals surface area contributed by atoms with Crippen LogP contribution in [0.1, 0.15) is 5.82 Å². The molecule has 9 nitrogen and oxygen atoms in total. The van der Waals surface area contributed by atoms with Gasteiger partial charge in [-0.1, -0.05) is 18.2 Å². The average Bonchev–Trinajstić information content (AvgIpc) is 3.14. The van der Waals surface area contributed by atoms with Crippen molar-refractivity contribution in [1.29, 1.82) is 0 Å². The van der Waals surface area contributed by atoms with Crippen molar-refractivity contribution in [1.82, 2.24) is 19.8 Å². The van der Waals surface area contributed by atoms with E-state index in [0.717, 1.165) is 11.3 Å². The Kier molecular flexibility index (Phi) is 5.17. The monoisotopic (exact) mass is 404 g/mol. The maximum absolute atomic E-state index is 12.6. The number of carbonyl (C=O) groups excluding carboxylic acids is 1. The molecule has 0 saturated heterocycles. The molecule has 4 aromatic rings. The maximum atomic E-state index is 12.6. The van der Waals surface area contributed by atoms with Crippen molar-refractivity contribution in [3.05, 3.63) is 60.4 Å². The van der Waals surface area contributed by atoms with Gasteiger partial charge < -0.3 is 20.1 Å². The van der Waals surface area contributed by atoms with Gasteiger partial charge in [-0.05, 0) is 43.3 Å². The number of hydrogen-bond acceptors (Lipinski definition) is 6. The van der Waals surface area contributed by atoms with Crippen molar-refractivity contribution in [2.24, 2.45) is 0 Å². The van der Waals surface area contributed by atoms with E-state index >= 15 is 0 Å². The second-order valence-corrected chi connectivity index (χ2v) is 6.43. The van der Waals surface area contributed by atoms with Crippen LogP contribution in [-0.4, -0.2) is 40.1 Å². The van der Waals surface area contributed by atoms with E-state index < -0.39 is 6.03 Å². The molecule has 0 radical (unpaired) electrons. The predicted octanol–water partition coefficient (Wildman–Crippen LogP) is 3.76. The SMILES string of the molecule is COc1cccc(OC)c1NC(=O)Nc1cccc(-c2ccc3nnc(C)n3n2)c1. The minimum Gasteiger partial charge on any atom is -0.494 e. The lowest BCUT2D eigenvalue weighted by molar-refractivity contribution is 0.262. The van der Waals surface area contributed by atoms with Gasteiger partial charge in [0.2, 0.25) is 0 Å². The Hall–Kier alpha value is -4.14. The van der Waals surface area contributed by atoms with E-state index in [1.54, 1.807) is 28.8 Å². The van der Waals surface area contributed by atoms with Gasteiger partial charge in [-0.15, -0.1) is 10.2 Å². The number of aryl methyl sites for hydroxylation is 1. The van der Waals surface area contributed by atoms with Crippen molar-refractivity contribution in [2.45, 2.75) is 6.92 Å². The van der Waals surface area contributed by atoms with Crippen molar-refractivity contribution in [3.8, 4) is 22.8 Å². The third kappa shape index (κ3) is 3.72. The molecule has 30 heavy (non-hydrogen) atoms. The summed E-state index contributed by atoms with van der Waals surface area (Å²) in [6, 6.07) is 16.0. The zero-order valence-electron chi connectivity index (χ0n) is 16.7. The molecule has 2 N–H and O–H groups in total. The van der Waals surface area contributed by atoms with Crippen LogP contribution >= 0.6 is 0 Å². The number of amides is 2. The lowest BCUT2D eigenvalue weighted by Crippen LogP contribution is -2.20. The Morgan fingerprint density at radius 3 is 2.40 bits per heavy atom. The molecule has 0 aliphatic carbocycles. The quantitative estimate of drug-likeness (QED) is 0.525. The molecule has 152 valence electrons. The number of methoxy groups -OCH3 is 2. The third-order valence-corrected chi connectivity index (χ3v) is 4.50. The highest BCUT2D eigenvalue weighted by Gasteiger charge is 2.13. The Bertz CT molecular complexity index is 1200. The summed E-state index contributed by atoms with van der Waals surface area (Å²) in [6.45, 7) is 1.84. The Morgan fingerprint density at radius 1 is 0.933 bits per heavy atom. The summed E-state index contributed by atoms with van der Waals surface area (Å²) in [5.41, 5.74) is 3.32. The van der Waals surface area contributed by atoms with Crippen molar-refractivity contribution in [2.75, 3.05) is 24.9 Å². The number of rotatable bonds is 5. The molecule has 0 atom stereocenters. The van der Waals surface area contributed by atoms with Gasteiger partial charge in [-0.25, -0.2) is 4.79 Å². The first-order chi connectivity index (χ1) is 14.6.